The molecule has 2 aromatic carbocycles. The van der Waals surface area contributed by atoms with Gasteiger partial charge in [0.25, 0.3) is 0 Å². The molecule has 32 heavy (non-hydrogen) atoms. The predicted molar refractivity (Wildman–Crippen MR) is 130 cm³/mol. The van der Waals surface area contributed by atoms with Gasteiger partial charge < -0.3 is 9.47 Å². The lowest BCUT2D eigenvalue weighted by Crippen LogP contribution is -2.48. The summed E-state index contributed by atoms with van der Waals surface area (Å²) in [6, 6.07) is 14.5. The quantitative estimate of drug-likeness (QED) is 0.639. The van der Waals surface area contributed by atoms with Crippen LogP contribution in [0.15, 0.2) is 58.5 Å². The van der Waals surface area contributed by atoms with Crippen LogP contribution in [-0.2, 0) is 11.2 Å². The van der Waals surface area contributed by atoms with Gasteiger partial charge in [-0.3, -0.25) is 19.8 Å². The van der Waals surface area contributed by atoms with E-state index in [1.54, 1.807) is 7.11 Å². The minimum Gasteiger partial charge on any atom is -0.457 e. The van der Waals surface area contributed by atoms with Crippen LogP contribution in [-0.4, -0.2) is 81.3 Å². The minimum absolute atomic E-state index is 0.761. The number of piperazine rings is 1. The van der Waals surface area contributed by atoms with Crippen LogP contribution in [0.3, 0.4) is 0 Å². The van der Waals surface area contributed by atoms with Gasteiger partial charge in [0.15, 0.2) is 0 Å². The van der Waals surface area contributed by atoms with Crippen LogP contribution in [0.5, 0.6) is 11.5 Å². The molecule has 166 valence electrons. The highest BCUT2D eigenvalue weighted by Gasteiger charge is 2.21. The monoisotopic (exact) mass is 430 g/mol. The zero-order valence-electron chi connectivity index (χ0n) is 18.7. The fourth-order valence-electron chi connectivity index (χ4n) is 4.45. The largest absolute Gasteiger partial charge is 0.457 e. The number of hydrogen-bond donors (Lipinski definition) is 0. The van der Waals surface area contributed by atoms with Crippen LogP contribution in [0.25, 0.3) is 5.57 Å². The third-order valence-corrected chi connectivity index (χ3v) is 6.31. The van der Waals surface area contributed by atoms with Crippen molar-refractivity contribution in [2.45, 2.75) is 6.42 Å². The summed E-state index contributed by atoms with van der Waals surface area (Å²) in [7, 11) is 1.77. The molecule has 3 aliphatic rings. The standard InChI is InChI=1S/C26H30N4O2/c1-31-15-14-29-10-12-30(13-11-29)19-23-16-22-17-25(6-7-26(22)28-23)32-24-4-2-20(3-5-24)21-8-9-27-18-21/h2-9,17H,10-16,18-19H2,1H3. The zero-order chi connectivity index (χ0) is 21.8. The second kappa shape index (κ2) is 9.77. The van der Waals surface area contributed by atoms with Crippen molar-refractivity contribution < 1.29 is 9.47 Å². The van der Waals surface area contributed by atoms with Gasteiger partial charge in [-0.1, -0.05) is 12.1 Å². The number of rotatable bonds is 8. The molecule has 0 bridgehead atoms. The first-order valence-electron chi connectivity index (χ1n) is 11.4. The number of fused-ring (bicyclic) bond motifs is 1. The molecule has 0 aromatic heterocycles. The molecule has 0 unspecified atom stereocenters. The van der Waals surface area contributed by atoms with Gasteiger partial charge in [-0.25, -0.2) is 0 Å². The molecule has 0 saturated carbocycles. The Morgan fingerprint density at radius 2 is 1.72 bits per heavy atom. The lowest BCUT2D eigenvalue weighted by atomic mass is 10.1. The van der Waals surface area contributed by atoms with Crippen LogP contribution in [0, 0.1) is 0 Å². The fourth-order valence-corrected chi connectivity index (χ4v) is 4.45. The lowest BCUT2D eigenvalue weighted by Gasteiger charge is -2.34. The van der Waals surface area contributed by atoms with E-state index in [1.807, 2.05) is 24.4 Å². The molecule has 0 spiro atoms. The first-order chi connectivity index (χ1) is 15.8. The summed E-state index contributed by atoms with van der Waals surface area (Å²) in [5.41, 5.74) is 6.02. The van der Waals surface area contributed by atoms with Crippen molar-refractivity contribution in [1.29, 1.82) is 0 Å². The van der Waals surface area contributed by atoms with E-state index in [0.717, 1.165) is 76.0 Å². The maximum Gasteiger partial charge on any atom is 0.127 e. The predicted octanol–water partition coefficient (Wildman–Crippen LogP) is 3.84. The van der Waals surface area contributed by atoms with Gasteiger partial charge in [0.05, 0.1) is 18.8 Å². The van der Waals surface area contributed by atoms with Crippen molar-refractivity contribution in [2.75, 3.05) is 59.5 Å². The second-order valence-corrected chi connectivity index (χ2v) is 8.56. The van der Waals surface area contributed by atoms with Crippen LogP contribution in [0.4, 0.5) is 5.69 Å². The molecule has 6 nitrogen and oxygen atoms in total. The molecule has 0 N–H and O–H groups in total. The normalized spacial score (nSPS) is 18.5. The topological polar surface area (TPSA) is 49.7 Å². The second-order valence-electron chi connectivity index (χ2n) is 8.56. The first-order valence-corrected chi connectivity index (χ1v) is 11.4. The van der Waals surface area contributed by atoms with Crippen LogP contribution in [0.2, 0.25) is 0 Å². The maximum atomic E-state index is 6.12. The van der Waals surface area contributed by atoms with E-state index in [4.69, 9.17) is 14.5 Å². The maximum absolute atomic E-state index is 6.12. The Hall–Kier alpha value is -2.80. The Morgan fingerprint density at radius 1 is 0.938 bits per heavy atom. The number of ether oxygens (including phenoxy) is 2. The Bertz CT molecular complexity index is 1030. The fraction of sp³-hybridized carbons (Fsp3) is 0.385. The van der Waals surface area contributed by atoms with Gasteiger partial charge in [0.1, 0.15) is 11.5 Å². The van der Waals surface area contributed by atoms with Gasteiger partial charge >= 0.3 is 0 Å². The molecule has 0 radical (unpaired) electrons. The van der Waals surface area contributed by atoms with Gasteiger partial charge in [-0.05, 0) is 53.1 Å². The highest BCUT2D eigenvalue weighted by atomic mass is 16.5. The zero-order valence-corrected chi connectivity index (χ0v) is 18.7. The molecule has 6 heteroatoms. The van der Waals surface area contributed by atoms with Gasteiger partial charge in [0.2, 0.25) is 0 Å². The molecule has 1 fully saturated rings. The van der Waals surface area contributed by atoms with E-state index in [0.29, 0.717) is 0 Å². The van der Waals surface area contributed by atoms with Crippen molar-refractivity contribution >= 4 is 23.2 Å². The van der Waals surface area contributed by atoms with Gasteiger partial charge in [0, 0.05) is 64.7 Å². The summed E-state index contributed by atoms with van der Waals surface area (Å²) in [6.45, 7) is 7.92. The van der Waals surface area contributed by atoms with Gasteiger partial charge in [-0.15, -0.1) is 0 Å². The average molecular weight is 431 g/mol. The number of benzene rings is 2. The molecule has 3 heterocycles. The van der Waals surface area contributed by atoms with E-state index in [-0.39, 0.29) is 0 Å². The lowest BCUT2D eigenvalue weighted by molar-refractivity contribution is 0.104. The SMILES string of the molecule is COCCN1CCN(CC2=Nc3ccc(Oc4ccc(C5=CC=NC5)cc4)cc3C2)CC1. The van der Waals surface area contributed by atoms with Crippen molar-refractivity contribution in [3.05, 3.63) is 59.7 Å². The smallest absolute Gasteiger partial charge is 0.127 e. The van der Waals surface area contributed by atoms with Gasteiger partial charge in [-0.2, -0.15) is 0 Å². The molecule has 1 saturated heterocycles. The van der Waals surface area contributed by atoms with E-state index in [9.17, 15) is 0 Å². The number of aliphatic imine (C=N–C) groups is 2. The van der Waals surface area contributed by atoms with Crippen molar-refractivity contribution in [1.82, 2.24) is 9.80 Å². The Balaban J connectivity index is 1.14. The molecule has 3 aliphatic heterocycles. The number of nitrogens with zero attached hydrogens (tertiary/aromatic N) is 4. The number of hydrogen-bond acceptors (Lipinski definition) is 6. The Labute approximate surface area is 189 Å². The highest BCUT2D eigenvalue weighted by Crippen LogP contribution is 2.33. The van der Waals surface area contributed by atoms with E-state index in [2.05, 4.69) is 45.1 Å². The minimum atomic E-state index is 0.761. The summed E-state index contributed by atoms with van der Waals surface area (Å²) in [5, 5.41) is 0. The number of methoxy groups -OCH3 is 1. The highest BCUT2D eigenvalue weighted by molar-refractivity contribution is 5.95. The van der Waals surface area contributed by atoms with Crippen LogP contribution < -0.4 is 4.74 Å². The molecule has 0 amide bonds. The van der Waals surface area contributed by atoms with E-state index < -0.39 is 0 Å². The summed E-state index contributed by atoms with van der Waals surface area (Å²) in [4.78, 5) is 14.1. The molecule has 0 aliphatic carbocycles. The third-order valence-electron chi connectivity index (χ3n) is 6.31. The van der Waals surface area contributed by atoms with Crippen LogP contribution in [0.1, 0.15) is 11.1 Å². The van der Waals surface area contributed by atoms with Crippen molar-refractivity contribution in [3.8, 4) is 11.5 Å². The molecule has 0 atom stereocenters. The third kappa shape index (κ3) is 4.99. The van der Waals surface area contributed by atoms with Crippen molar-refractivity contribution in [2.24, 2.45) is 9.98 Å². The Morgan fingerprint density at radius 3 is 2.47 bits per heavy atom. The molecule has 2 aromatic rings. The molecular formula is C26H30N4O2. The average Bonchev–Trinajstić information content (AvgIpc) is 3.49. The van der Waals surface area contributed by atoms with Crippen LogP contribution >= 0.6 is 0 Å². The van der Waals surface area contributed by atoms with E-state index >= 15 is 0 Å². The molecule has 5 rings (SSSR count). The summed E-state index contributed by atoms with van der Waals surface area (Å²) < 4.78 is 11.3. The summed E-state index contributed by atoms with van der Waals surface area (Å²) in [6.07, 6.45) is 4.84. The Kier molecular flexibility index (Phi) is 6.44. The summed E-state index contributed by atoms with van der Waals surface area (Å²) >= 11 is 0. The van der Waals surface area contributed by atoms with E-state index in [1.165, 1.54) is 22.4 Å². The summed E-state index contributed by atoms with van der Waals surface area (Å²) in [5.74, 6) is 1.71. The number of allylic oxidation sites excluding steroid dienone is 1. The van der Waals surface area contributed by atoms with Crippen molar-refractivity contribution in [3.63, 3.8) is 0 Å². The first kappa shape index (κ1) is 21.1. The molecular weight excluding hydrogens is 400 g/mol.